The van der Waals surface area contributed by atoms with E-state index in [0.717, 1.165) is 37.6 Å². The van der Waals surface area contributed by atoms with E-state index in [2.05, 4.69) is 48.2 Å². The number of anilines is 1. The van der Waals surface area contributed by atoms with E-state index in [1.807, 2.05) is 12.1 Å². The highest BCUT2D eigenvalue weighted by molar-refractivity contribution is 5.38. The molecule has 5 heteroatoms. The van der Waals surface area contributed by atoms with Gasteiger partial charge in [0.05, 0.1) is 17.8 Å². The number of likely N-dealkylation sites (N-methyl/N-ethyl adjacent to an activating group) is 1. The number of hydrogen-bond acceptors (Lipinski definition) is 5. The zero-order chi connectivity index (χ0) is 14.5. The molecule has 1 aliphatic rings. The summed E-state index contributed by atoms with van der Waals surface area (Å²) in [5, 5.41) is 12.0. The molecule has 0 radical (unpaired) electrons. The minimum atomic E-state index is 0.259. The molecule has 1 saturated heterocycles. The maximum Gasteiger partial charge on any atom is 0.151 e. The smallest absolute Gasteiger partial charge is 0.151 e. The van der Waals surface area contributed by atoms with Crippen molar-refractivity contribution in [2.24, 2.45) is 5.92 Å². The molecule has 2 rings (SSSR count). The Morgan fingerprint density at radius 1 is 1.40 bits per heavy atom. The van der Waals surface area contributed by atoms with Gasteiger partial charge in [-0.25, -0.2) is 0 Å². The summed E-state index contributed by atoms with van der Waals surface area (Å²) in [6.45, 7) is 9.12. The molecule has 0 aliphatic carbocycles. The molecule has 2 atom stereocenters. The molecule has 20 heavy (non-hydrogen) atoms. The van der Waals surface area contributed by atoms with Crippen molar-refractivity contribution < 1.29 is 4.74 Å². The second-order valence-corrected chi connectivity index (χ2v) is 5.95. The highest BCUT2D eigenvalue weighted by Gasteiger charge is 2.28. The van der Waals surface area contributed by atoms with Gasteiger partial charge in [-0.2, -0.15) is 5.10 Å². The fourth-order valence-electron chi connectivity index (χ4n) is 2.52. The van der Waals surface area contributed by atoms with Crippen LogP contribution < -0.4 is 10.2 Å². The zero-order valence-electron chi connectivity index (χ0n) is 13.0. The van der Waals surface area contributed by atoms with E-state index in [4.69, 9.17) is 4.74 Å². The quantitative estimate of drug-likeness (QED) is 0.860. The standard InChI is InChI=1S/C15H26N4O/c1-11(2)9-16-10-13-5-6-15(18-17-13)19(4)14-7-8-20-12(14)3/h5-6,11-12,14,16H,7-10H2,1-4H3. The lowest BCUT2D eigenvalue weighted by atomic mass is 10.1. The number of aromatic nitrogens is 2. The van der Waals surface area contributed by atoms with Crippen LogP contribution in [-0.2, 0) is 11.3 Å². The van der Waals surface area contributed by atoms with Crippen LogP contribution >= 0.6 is 0 Å². The summed E-state index contributed by atoms with van der Waals surface area (Å²) < 4.78 is 5.61. The number of ether oxygens (including phenoxy) is 1. The second kappa shape index (κ2) is 6.99. The van der Waals surface area contributed by atoms with E-state index < -0.39 is 0 Å². The van der Waals surface area contributed by atoms with Gasteiger partial charge in [0.2, 0.25) is 0 Å². The topological polar surface area (TPSA) is 50.3 Å². The van der Waals surface area contributed by atoms with Gasteiger partial charge in [0.15, 0.2) is 5.82 Å². The number of hydrogen-bond donors (Lipinski definition) is 1. The van der Waals surface area contributed by atoms with Crippen LogP contribution in [0.5, 0.6) is 0 Å². The van der Waals surface area contributed by atoms with Gasteiger partial charge >= 0.3 is 0 Å². The molecule has 2 unspecified atom stereocenters. The Labute approximate surface area is 121 Å². The van der Waals surface area contributed by atoms with E-state index >= 15 is 0 Å². The summed E-state index contributed by atoms with van der Waals surface area (Å²) in [5.41, 5.74) is 0.985. The van der Waals surface area contributed by atoms with E-state index in [0.29, 0.717) is 12.0 Å². The maximum absolute atomic E-state index is 5.61. The van der Waals surface area contributed by atoms with E-state index in [1.54, 1.807) is 0 Å². The Hall–Kier alpha value is -1.20. The van der Waals surface area contributed by atoms with Crippen LogP contribution in [0.1, 0.15) is 32.9 Å². The minimum Gasteiger partial charge on any atom is -0.376 e. The molecule has 0 bridgehead atoms. The predicted molar refractivity (Wildman–Crippen MR) is 80.8 cm³/mol. The Morgan fingerprint density at radius 3 is 2.75 bits per heavy atom. The maximum atomic E-state index is 5.61. The normalized spacial score (nSPS) is 22.4. The molecule has 0 saturated carbocycles. The summed E-state index contributed by atoms with van der Waals surface area (Å²) in [4.78, 5) is 2.18. The number of nitrogens with zero attached hydrogens (tertiary/aromatic N) is 3. The van der Waals surface area contributed by atoms with Crippen molar-refractivity contribution in [1.29, 1.82) is 0 Å². The van der Waals surface area contributed by atoms with Gasteiger partial charge in [-0.1, -0.05) is 13.8 Å². The van der Waals surface area contributed by atoms with Crippen molar-refractivity contribution in [3.8, 4) is 0 Å². The molecule has 5 nitrogen and oxygen atoms in total. The number of rotatable bonds is 6. The molecule has 1 aromatic rings. The summed E-state index contributed by atoms with van der Waals surface area (Å²) in [6, 6.07) is 4.49. The fraction of sp³-hybridized carbons (Fsp3) is 0.733. The largest absolute Gasteiger partial charge is 0.376 e. The van der Waals surface area contributed by atoms with Gasteiger partial charge in [-0.05, 0) is 37.9 Å². The third-order valence-corrected chi connectivity index (χ3v) is 3.76. The molecule has 0 spiro atoms. The minimum absolute atomic E-state index is 0.259. The highest BCUT2D eigenvalue weighted by atomic mass is 16.5. The lowest BCUT2D eigenvalue weighted by molar-refractivity contribution is 0.118. The van der Waals surface area contributed by atoms with Crippen molar-refractivity contribution in [3.63, 3.8) is 0 Å². The van der Waals surface area contributed by atoms with Crippen molar-refractivity contribution in [2.45, 2.75) is 45.9 Å². The molecule has 0 aromatic carbocycles. The predicted octanol–water partition coefficient (Wildman–Crippen LogP) is 1.84. The lowest BCUT2D eigenvalue weighted by Gasteiger charge is -2.27. The van der Waals surface area contributed by atoms with E-state index in [-0.39, 0.29) is 6.10 Å². The first-order valence-electron chi connectivity index (χ1n) is 7.45. The third-order valence-electron chi connectivity index (χ3n) is 3.76. The first-order chi connectivity index (χ1) is 9.58. The molecule has 112 valence electrons. The van der Waals surface area contributed by atoms with E-state index in [1.165, 1.54) is 0 Å². The van der Waals surface area contributed by atoms with Crippen LogP contribution in [0.15, 0.2) is 12.1 Å². The average molecular weight is 278 g/mol. The molecular formula is C15H26N4O. The van der Waals surface area contributed by atoms with Crippen LogP contribution in [0.4, 0.5) is 5.82 Å². The monoisotopic (exact) mass is 278 g/mol. The van der Waals surface area contributed by atoms with Gasteiger partial charge < -0.3 is 15.0 Å². The van der Waals surface area contributed by atoms with Gasteiger partial charge in [0.25, 0.3) is 0 Å². The summed E-state index contributed by atoms with van der Waals surface area (Å²) in [7, 11) is 2.07. The Kier molecular flexibility index (Phi) is 5.31. The lowest BCUT2D eigenvalue weighted by Crippen LogP contribution is -2.37. The Balaban J connectivity index is 1.90. The Bertz CT molecular complexity index is 407. The molecular weight excluding hydrogens is 252 g/mol. The van der Waals surface area contributed by atoms with E-state index in [9.17, 15) is 0 Å². The SMILES string of the molecule is CC(C)CNCc1ccc(N(C)C2CCOC2C)nn1. The number of nitrogens with one attached hydrogen (secondary N) is 1. The van der Waals surface area contributed by atoms with Crippen molar-refractivity contribution >= 4 is 5.82 Å². The fourth-order valence-corrected chi connectivity index (χ4v) is 2.52. The van der Waals surface area contributed by atoms with Crippen LogP contribution in [0.2, 0.25) is 0 Å². The summed E-state index contributed by atoms with van der Waals surface area (Å²) >= 11 is 0. The van der Waals surface area contributed by atoms with Crippen molar-refractivity contribution in [2.75, 3.05) is 25.1 Å². The molecule has 2 heterocycles. The summed E-state index contributed by atoms with van der Waals surface area (Å²) in [6.07, 6.45) is 1.31. The van der Waals surface area contributed by atoms with Crippen LogP contribution in [0, 0.1) is 5.92 Å². The molecule has 0 amide bonds. The van der Waals surface area contributed by atoms with Gasteiger partial charge in [0.1, 0.15) is 0 Å². The van der Waals surface area contributed by atoms with Crippen LogP contribution in [-0.4, -0.2) is 42.5 Å². The third kappa shape index (κ3) is 3.90. The Morgan fingerprint density at radius 2 is 2.20 bits per heavy atom. The first kappa shape index (κ1) is 15.2. The first-order valence-corrected chi connectivity index (χ1v) is 7.45. The van der Waals surface area contributed by atoms with Crippen molar-refractivity contribution in [3.05, 3.63) is 17.8 Å². The second-order valence-electron chi connectivity index (χ2n) is 5.95. The molecule has 1 N–H and O–H groups in total. The average Bonchev–Trinajstić information content (AvgIpc) is 2.84. The highest BCUT2D eigenvalue weighted by Crippen LogP contribution is 2.22. The summed E-state index contributed by atoms with van der Waals surface area (Å²) in [5.74, 6) is 1.57. The molecule has 1 aliphatic heterocycles. The van der Waals surface area contributed by atoms with Crippen molar-refractivity contribution in [1.82, 2.24) is 15.5 Å². The van der Waals surface area contributed by atoms with Crippen LogP contribution in [0.3, 0.4) is 0 Å². The van der Waals surface area contributed by atoms with Gasteiger partial charge in [-0.3, -0.25) is 0 Å². The zero-order valence-corrected chi connectivity index (χ0v) is 13.0. The molecule has 1 fully saturated rings. The van der Waals surface area contributed by atoms with Gasteiger partial charge in [0, 0.05) is 20.2 Å². The van der Waals surface area contributed by atoms with Gasteiger partial charge in [-0.15, -0.1) is 5.10 Å². The molecule has 1 aromatic heterocycles. The van der Waals surface area contributed by atoms with Crippen LogP contribution in [0.25, 0.3) is 0 Å².